The highest BCUT2D eigenvalue weighted by molar-refractivity contribution is 7.13. The van der Waals surface area contributed by atoms with E-state index in [1.807, 2.05) is 88.7 Å². The molecule has 1 saturated carbocycles. The molecule has 4 amide bonds. The van der Waals surface area contributed by atoms with Crippen LogP contribution in [0.25, 0.3) is 10.4 Å². The number of aryl methyl sites for hydroxylation is 2. The van der Waals surface area contributed by atoms with Crippen LogP contribution in [-0.2, 0) is 20.8 Å². The summed E-state index contributed by atoms with van der Waals surface area (Å²) in [4.78, 5) is 61.3. The van der Waals surface area contributed by atoms with Gasteiger partial charge in [0.05, 0.1) is 38.8 Å². The lowest BCUT2D eigenvalue weighted by atomic mass is 9.49. The summed E-state index contributed by atoms with van der Waals surface area (Å²) in [5.74, 6) is -0.439. The van der Waals surface area contributed by atoms with Crippen molar-refractivity contribution in [2.75, 3.05) is 6.54 Å². The summed E-state index contributed by atoms with van der Waals surface area (Å²) in [6.45, 7) is 17.9. The van der Waals surface area contributed by atoms with Crippen molar-refractivity contribution in [1.29, 1.82) is 5.26 Å². The van der Waals surface area contributed by atoms with Crippen LogP contribution >= 0.6 is 22.9 Å². The van der Waals surface area contributed by atoms with Gasteiger partial charge >= 0.3 is 0 Å². The van der Waals surface area contributed by atoms with E-state index in [-0.39, 0.29) is 65.6 Å². The van der Waals surface area contributed by atoms with Gasteiger partial charge in [0, 0.05) is 47.9 Å². The predicted molar refractivity (Wildman–Crippen MR) is 268 cm³/mol. The van der Waals surface area contributed by atoms with E-state index >= 15 is 0 Å². The van der Waals surface area contributed by atoms with Crippen LogP contribution in [0.3, 0.4) is 0 Å². The van der Waals surface area contributed by atoms with Crippen molar-refractivity contribution in [3.8, 4) is 22.3 Å². The van der Waals surface area contributed by atoms with Gasteiger partial charge in [-0.05, 0) is 79.5 Å². The Morgan fingerprint density at radius 1 is 0.941 bits per heavy atom. The van der Waals surface area contributed by atoms with Crippen molar-refractivity contribution in [3.05, 3.63) is 105 Å². The molecule has 4 atom stereocenters. The molecule has 2 aliphatic rings. The second-order valence-corrected chi connectivity index (χ2v) is 22.3. The third-order valence-electron chi connectivity index (χ3n) is 13.8. The van der Waals surface area contributed by atoms with Crippen LogP contribution in [0, 0.1) is 34.5 Å². The molecule has 0 bridgehead atoms. The van der Waals surface area contributed by atoms with Crippen molar-refractivity contribution in [2.24, 2.45) is 16.2 Å². The number of hydrogen-bond donors (Lipinski definition) is 4. The molecule has 2 heterocycles. The number of rotatable bonds is 19. The van der Waals surface area contributed by atoms with Crippen molar-refractivity contribution in [3.63, 3.8) is 0 Å². The molecule has 364 valence electrons. The number of halogens is 1. The van der Waals surface area contributed by atoms with E-state index in [4.69, 9.17) is 16.3 Å². The summed E-state index contributed by atoms with van der Waals surface area (Å²) in [5.41, 5.74) is 5.61. The number of β-amino-alcohol motifs (C(OH)–C–C–N with tert-alkyl or cyclic N) is 1. The molecule has 12 nitrogen and oxygen atoms in total. The number of carbonyl (C=O) groups is 4. The first-order valence-electron chi connectivity index (χ1n) is 24.0. The number of unbranched alkanes of at least 4 members (excludes halogenated alkanes) is 5. The molecule has 3 aromatic carbocycles. The van der Waals surface area contributed by atoms with Gasteiger partial charge in [-0.2, -0.15) is 5.26 Å². The maximum absolute atomic E-state index is 14.1. The summed E-state index contributed by atoms with van der Waals surface area (Å²) in [5, 5.41) is 29.5. The Kier molecular flexibility index (Phi) is 16.8. The van der Waals surface area contributed by atoms with Crippen LogP contribution < -0.4 is 20.7 Å². The highest BCUT2D eigenvalue weighted by Gasteiger charge is 2.64. The molecule has 6 rings (SSSR count). The van der Waals surface area contributed by atoms with Gasteiger partial charge in [0.25, 0.3) is 5.91 Å². The molecular weight excluding hydrogens is 896 g/mol. The Bertz CT molecular complexity index is 2440. The minimum atomic E-state index is -0.864. The zero-order valence-corrected chi connectivity index (χ0v) is 42.7. The first kappa shape index (κ1) is 52.1. The minimum absolute atomic E-state index is 0.0229. The third-order valence-corrected chi connectivity index (χ3v) is 15.1. The zero-order valence-electron chi connectivity index (χ0n) is 41.1. The number of nitriles is 1. The van der Waals surface area contributed by atoms with E-state index in [9.17, 15) is 29.5 Å². The number of amides is 4. The zero-order chi connectivity index (χ0) is 49.6. The average Bonchev–Trinajstić information content (AvgIpc) is 3.91. The quantitative estimate of drug-likeness (QED) is 0.0672. The van der Waals surface area contributed by atoms with E-state index in [2.05, 4.69) is 54.7 Å². The second kappa shape index (κ2) is 22.0. The van der Waals surface area contributed by atoms with Gasteiger partial charge in [-0.1, -0.05) is 122 Å². The number of nitrogens with zero attached hydrogens (tertiary/aromatic N) is 3. The van der Waals surface area contributed by atoms with Crippen LogP contribution in [0.1, 0.15) is 146 Å². The lowest BCUT2D eigenvalue weighted by Crippen LogP contribution is -2.74. The highest BCUT2D eigenvalue weighted by atomic mass is 35.5. The molecule has 1 aliphatic heterocycles. The maximum atomic E-state index is 14.1. The molecule has 1 aliphatic carbocycles. The molecule has 0 unspecified atom stereocenters. The van der Waals surface area contributed by atoms with Gasteiger partial charge in [0.1, 0.15) is 30.0 Å². The number of hydrogen-bond acceptors (Lipinski definition) is 9. The number of aromatic nitrogens is 1. The second-order valence-electron chi connectivity index (χ2n) is 21.0. The SMILES string of the molecule is Cc1ncsc1-c1ccc([C@H](C)NC(=O)[C@@H]2C[C@@H](O)CN2C(=O)[C@@H](NC(=O)CCCCCCCCc2ccc(C(=O)NC3C(C)(C)C(Oc4ccc(C#N)c(Cl)c4)C3(C)C)cc2)C(C)(C)C)cc1. The number of nitrogens with one attached hydrogen (secondary N) is 3. The summed E-state index contributed by atoms with van der Waals surface area (Å²) in [6.07, 6.45) is 5.99. The molecule has 0 radical (unpaired) electrons. The molecule has 1 saturated heterocycles. The summed E-state index contributed by atoms with van der Waals surface area (Å²) < 4.78 is 6.37. The molecule has 4 N–H and O–H groups in total. The van der Waals surface area contributed by atoms with Crippen LogP contribution in [0.4, 0.5) is 0 Å². The van der Waals surface area contributed by atoms with Crippen LogP contribution in [0.2, 0.25) is 5.02 Å². The van der Waals surface area contributed by atoms with Gasteiger partial charge in [0.2, 0.25) is 17.7 Å². The van der Waals surface area contributed by atoms with Crippen molar-refractivity contribution < 1.29 is 29.0 Å². The Labute approximate surface area is 411 Å². The number of benzene rings is 3. The van der Waals surface area contributed by atoms with Crippen molar-refractivity contribution in [1.82, 2.24) is 25.8 Å². The fourth-order valence-electron chi connectivity index (χ4n) is 10.2. The van der Waals surface area contributed by atoms with Crippen LogP contribution in [0.5, 0.6) is 5.75 Å². The van der Waals surface area contributed by atoms with E-state index in [0.29, 0.717) is 34.7 Å². The normalized spacial score (nSPS) is 20.4. The molecule has 1 aromatic heterocycles. The molecule has 14 heteroatoms. The number of carbonyl (C=O) groups excluding carboxylic acids is 4. The number of thiazole rings is 1. The number of likely N-dealkylation sites (tertiary alicyclic amines) is 1. The van der Waals surface area contributed by atoms with E-state index in [0.717, 1.165) is 60.2 Å². The van der Waals surface area contributed by atoms with Gasteiger partial charge in [-0.3, -0.25) is 19.2 Å². The molecule has 2 fully saturated rings. The first-order chi connectivity index (χ1) is 32.1. The first-order valence-corrected chi connectivity index (χ1v) is 25.2. The number of ether oxygens (including phenoxy) is 1. The number of aliphatic hydroxyl groups excluding tert-OH is 1. The lowest BCUT2D eigenvalue weighted by molar-refractivity contribution is -0.164. The highest BCUT2D eigenvalue weighted by Crippen LogP contribution is 2.55. The van der Waals surface area contributed by atoms with Crippen molar-refractivity contribution in [2.45, 2.75) is 156 Å². The molecule has 0 spiro atoms. The van der Waals surface area contributed by atoms with Crippen molar-refractivity contribution >= 4 is 46.6 Å². The Balaban J connectivity index is 0.887. The van der Waals surface area contributed by atoms with Gasteiger partial charge < -0.3 is 30.7 Å². The molecule has 68 heavy (non-hydrogen) atoms. The summed E-state index contributed by atoms with van der Waals surface area (Å²) >= 11 is 7.83. The van der Waals surface area contributed by atoms with E-state index in [1.165, 1.54) is 10.5 Å². The smallest absolute Gasteiger partial charge is 0.251 e. The fraction of sp³-hybridized carbons (Fsp3) is 0.519. The van der Waals surface area contributed by atoms with Gasteiger partial charge in [-0.15, -0.1) is 11.3 Å². The van der Waals surface area contributed by atoms with Crippen LogP contribution in [0.15, 0.2) is 72.2 Å². The van der Waals surface area contributed by atoms with Gasteiger partial charge in [0.15, 0.2) is 0 Å². The third kappa shape index (κ3) is 12.3. The molecule has 4 aromatic rings. The van der Waals surface area contributed by atoms with E-state index in [1.54, 1.807) is 29.5 Å². The molecular formula is C54H69ClN6O6S. The fourth-order valence-corrected chi connectivity index (χ4v) is 11.2. The number of aliphatic hydroxyl groups is 1. The van der Waals surface area contributed by atoms with E-state index < -0.39 is 23.6 Å². The monoisotopic (exact) mass is 964 g/mol. The minimum Gasteiger partial charge on any atom is -0.489 e. The average molecular weight is 966 g/mol. The summed E-state index contributed by atoms with van der Waals surface area (Å²) in [6, 6.07) is 20.8. The van der Waals surface area contributed by atoms with Crippen LogP contribution in [-0.4, -0.2) is 75.5 Å². The Morgan fingerprint density at radius 3 is 2.19 bits per heavy atom. The summed E-state index contributed by atoms with van der Waals surface area (Å²) in [7, 11) is 0. The standard InChI is InChI=1S/C54H69ClN6O6S/c1-33(36-22-24-37(25-23-36)45-34(2)57-32-68-45)58-48(65)43-28-40(62)31-61(43)49(66)46(52(3,4)5)59-44(63)17-15-13-11-10-12-14-16-35-18-20-38(21-19-35)47(64)60-50-53(6,7)51(54(50,8)9)67-41-27-26-39(30-56)42(55)29-41/h18-27,29,32-33,40,43,46,50-51,62H,10-17,28,31H2,1-9H3,(H,58,65)(H,59,63)(H,60,64)/t33-,40+,43-,46+,50?,51?/m0/s1. The Morgan fingerprint density at radius 2 is 1.59 bits per heavy atom. The maximum Gasteiger partial charge on any atom is 0.251 e. The predicted octanol–water partition coefficient (Wildman–Crippen LogP) is 9.90. The largest absolute Gasteiger partial charge is 0.489 e. The Hall–Kier alpha value is -5.29. The lowest BCUT2D eigenvalue weighted by Gasteiger charge is -2.63. The van der Waals surface area contributed by atoms with Gasteiger partial charge in [-0.25, -0.2) is 4.98 Å². The topological polar surface area (TPSA) is 174 Å².